The Kier molecular flexibility index (Phi) is 12.1. The molecule has 47 heavy (non-hydrogen) atoms. The predicted octanol–water partition coefficient (Wildman–Crippen LogP) is -3.06. The third-order valence-corrected chi connectivity index (χ3v) is 9.17. The molecule has 4 aliphatic heterocycles. The van der Waals surface area contributed by atoms with E-state index in [0.29, 0.717) is 64.7 Å². The number of carbonyl (C=O) groups is 6. The summed E-state index contributed by atoms with van der Waals surface area (Å²) in [6.07, 6.45) is 2.01. The van der Waals surface area contributed by atoms with Crippen LogP contribution in [0.25, 0.3) is 0 Å². The van der Waals surface area contributed by atoms with Crippen LogP contribution < -0.4 is 27.0 Å². The summed E-state index contributed by atoms with van der Waals surface area (Å²) in [6.45, 7) is 5.30. The lowest BCUT2D eigenvalue weighted by molar-refractivity contribution is -0.169. The molecule has 6 atom stereocenters. The fraction of sp³-hybridized carbons (Fsp3) is 0.793. The number of rotatable bonds is 9. The third kappa shape index (κ3) is 7.84. The number of amides is 5. The molecule has 6 unspecified atom stereocenters. The first-order valence-electron chi connectivity index (χ1n) is 16.4. The van der Waals surface area contributed by atoms with Gasteiger partial charge in [0.15, 0.2) is 5.54 Å². The highest BCUT2D eigenvalue weighted by molar-refractivity contribution is 5.96. The van der Waals surface area contributed by atoms with Crippen LogP contribution in [-0.2, 0) is 28.8 Å². The summed E-state index contributed by atoms with van der Waals surface area (Å²) >= 11 is 0. The van der Waals surface area contributed by atoms with Crippen LogP contribution in [0.5, 0.6) is 0 Å². The Labute approximate surface area is 273 Å². The van der Waals surface area contributed by atoms with Gasteiger partial charge in [0.1, 0.15) is 30.3 Å². The van der Waals surface area contributed by atoms with Gasteiger partial charge in [-0.15, -0.1) is 0 Å². The van der Waals surface area contributed by atoms with E-state index < -0.39 is 77.9 Å². The van der Waals surface area contributed by atoms with E-state index in [1.165, 1.54) is 15.0 Å². The number of aliphatic carboxylic acids is 1. The molecule has 0 aliphatic carbocycles. The van der Waals surface area contributed by atoms with Gasteiger partial charge >= 0.3 is 5.97 Å². The molecule has 4 heterocycles. The highest BCUT2D eigenvalue weighted by atomic mass is 16.4. The maximum atomic E-state index is 14.2. The zero-order valence-electron chi connectivity index (χ0n) is 27.2. The van der Waals surface area contributed by atoms with E-state index in [1.54, 1.807) is 13.8 Å². The molecule has 4 saturated heterocycles. The van der Waals surface area contributed by atoms with Crippen molar-refractivity contribution in [3.63, 3.8) is 0 Å². The van der Waals surface area contributed by atoms with Crippen LogP contribution in [0.2, 0.25) is 0 Å². The minimum absolute atomic E-state index is 0.227. The van der Waals surface area contributed by atoms with Crippen molar-refractivity contribution in [3.8, 4) is 0 Å². The summed E-state index contributed by atoms with van der Waals surface area (Å²) in [7, 11) is 0. The molecule has 0 aromatic carbocycles. The van der Waals surface area contributed by atoms with E-state index >= 15 is 0 Å². The van der Waals surface area contributed by atoms with Gasteiger partial charge in [0, 0.05) is 26.2 Å². The molecule has 18 nitrogen and oxygen atoms in total. The molecule has 264 valence electrons. The van der Waals surface area contributed by atoms with E-state index in [0.717, 1.165) is 11.9 Å². The number of carbonyl (C=O) groups excluding carboxylic acids is 5. The second-order valence-corrected chi connectivity index (χ2v) is 13.1. The monoisotopic (exact) mass is 667 g/mol. The van der Waals surface area contributed by atoms with Crippen molar-refractivity contribution < 1.29 is 44.1 Å². The zero-order chi connectivity index (χ0) is 34.5. The lowest BCUT2D eigenvalue weighted by Crippen LogP contribution is -2.70. The molecule has 4 aliphatic rings. The number of carboxylic acid groups (broad SMARTS) is 1. The molecule has 0 aromatic heterocycles. The number of hydrazine groups is 4. The molecule has 0 radical (unpaired) electrons. The second kappa shape index (κ2) is 15.7. The van der Waals surface area contributed by atoms with Crippen LogP contribution in [0.15, 0.2) is 0 Å². The van der Waals surface area contributed by atoms with Crippen molar-refractivity contribution in [1.29, 1.82) is 0 Å². The van der Waals surface area contributed by atoms with Crippen LogP contribution in [-0.4, -0.2) is 139 Å². The van der Waals surface area contributed by atoms with Crippen molar-refractivity contribution in [3.05, 3.63) is 0 Å². The standard InChI is InChI=1S/C29H49N9O9/c1-17(2)22(40)27(45)38-21(11-7-15-33-38)26(44)37-20(10-6-14-32-37)25(43)36-19(9-5-13-31-36)24(42)35-18(8-4-12-30-35)23(41)34-29(3,16-39)28(46)47/h17-22,30-33,39-40H,4-16H2,1-3H3,(H,34,41)(H,46,47). The highest BCUT2D eigenvalue weighted by Gasteiger charge is 2.47. The summed E-state index contributed by atoms with van der Waals surface area (Å²) in [5.41, 5.74) is 9.93. The Balaban J connectivity index is 1.54. The van der Waals surface area contributed by atoms with Crippen molar-refractivity contribution in [2.75, 3.05) is 32.8 Å². The van der Waals surface area contributed by atoms with Crippen LogP contribution in [0.3, 0.4) is 0 Å². The van der Waals surface area contributed by atoms with Gasteiger partial charge in [0.25, 0.3) is 23.6 Å². The van der Waals surface area contributed by atoms with Crippen LogP contribution in [0.1, 0.15) is 72.1 Å². The Morgan fingerprint density at radius 3 is 1.45 bits per heavy atom. The highest BCUT2D eigenvalue weighted by Crippen LogP contribution is 2.24. The third-order valence-electron chi connectivity index (χ3n) is 9.17. The molecule has 8 N–H and O–H groups in total. The molecule has 4 fully saturated rings. The van der Waals surface area contributed by atoms with Crippen molar-refractivity contribution >= 4 is 35.5 Å². The molecule has 0 saturated carbocycles. The van der Waals surface area contributed by atoms with E-state index in [-0.39, 0.29) is 18.8 Å². The molecule has 0 bridgehead atoms. The minimum atomic E-state index is -1.96. The Bertz CT molecular complexity index is 1210. The van der Waals surface area contributed by atoms with Crippen molar-refractivity contribution in [1.82, 2.24) is 47.1 Å². The molecule has 18 heteroatoms. The maximum absolute atomic E-state index is 14.2. The fourth-order valence-corrected chi connectivity index (χ4v) is 6.24. The smallest absolute Gasteiger partial charge is 0.331 e. The zero-order valence-corrected chi connectivity index (χ0v) is 27.2. The van der Waals surface area contributed by atoms with Crippen LogP contribution in [0, 0.1) is 5.92 Å². The molecular formula is C29H49N9O9. The van der Waals surface area contributed by atoms with Crippen LogP contribution in [0.4, 0.5) is 0 Å². The normalized spacial score (nSPS) is 27.5. The number of hydrogen-bond donors (Lipinski definition) is 8. The Hall–Kier alpha value is -3.42. The van der Waals surface area contributed by atoms with E-state index in [9.17, 15) is 44.1 Å². The summed E-state index contributed by atoms with van der Waals surface area (Å²) in [6, 6.07) is -4.13. The number of carboxylic acids is 1. The molecule has 4 rings (SSSR count). The van der Waals surface area contributed by atoms with E-state index in [1.807, 2.05) is 0 Å². The summed E-state index contributed by atoms with van der Waals surface area (Å²) in [4.78, 5) is 80.3. The minimum Gasteiger partial charge on any atom is -0.479 e. The number of nitrogens with one attached hydrogen (secondary N) is 5. The largest absolute Gasteiger partial charge is 0.479 e. The van der Waals surface area contributed by atoms with Gasteiger partial charge in [0.05, 0.1) is 6.61 Å². The fourth-order valence-electron chi connectivity index (χ4n) is 6.24. The predicted molar refractivity (Wildman–Crippen MR) is 164 cm³/mol. The first-order chi connectivity index (χ1) is 22.3. The van der Waals surface area contributed by atoms with Gasteiger partial charge in [-0.05, 0) is 64.2 Å². The van der Waals surface area contributed by atoms with Crippen molar-refractivity contribution in [2.45, 2.75) is 108 Å². The number of aliphatic hydroxyl groups is 2. The van der Waals surface area contributed by atoms with Gasteiger partial charge in [0.2, 0.25) is 5.91 Å². The van der Waals surface area contributed by atoms with Gasteiger partial charge in [-0.2, -0.15) is 0 Å². The summed E-state index contributed by atoms with van der Waals surface area (Å²) in [5.74, 6) is -4.83. The molecule has 5 amide bonds. The first kappa shape index (κ1) is 36.4. The lowest BCUT2D eigenvalue weighted by atomic mass is 9.99. The molecule has 0 aromatic rings. The summed E-state index contributed by atoms with van der Waals surface area (Å²) < 4.78 is 0. The van der Waals surface area contributed by atoms with E-state index in [2.05, 4.69) is 27.0 Å². The quantitative estimate of drug-likeness (QED) is 0.122. The second-order valence-electron chi connectivity index (χ2n) is 13.1. The topological polar surface area (TPSA) is 236 Å². The molecular weight excluding hydrogens is 618 g/mol. The van der Waals surface area contributed by atoms with Gasteiger partial charge in [-0.3, -0.25) is 44.0 Å². The number of aliphatic hydroxyl groups excluding tert-OH is 2. The number of nitrogens with zero attached hydrogens (tertiary/aromatic N) is 4. The Morgan fingerprint density at radius 1 is 0.702 bits per heavy atom. The SMILES string of the molecule is CC(C)C(O)C(=O)N1NCCCC1C(=O)N1NCCCC1C(=O)N1NCCCC1C(=O)N1NCCCC1C(=O)NC(C)(CO)C(=O)O. The van der Waals surface area contributed by atoms with Gasteiger partial charge in [-0.25, -0.2) is 26.5 Å². The first-order valence-corrected chi connectivity index (χ1v) is 16.4. The van der Waals surface area contributed by atoms with E-state index in [4.69, 9.17) is 0 Å². The average Bonchev–Trinajstić information content (AvgIpc) is 3.09. The Morgan fingerprint density at radius 2 is 1.06 bits per heavy atom. The average molecular weight is 668 g/mol. The van der Waals surface area contributed by atoms with Gasteiger partial charge < -0.3 is 20.6 Å². The molecule has 0 spiro atoms. The number of hydrogen-bond acceptors (Lipinski definition) is 12. The maximum Gasteiger partial charge on any atom is 0.331 e. The van der Waals surface area contributed by atoms with Crippen molar-refractivity contribution in [2.24, 2.45) is 5.92 Å². The van der Waals surface area contributed by atoms with Gasteiger partial charge in [-0.1, -0.05) is 13.8 Å². The lowest BCUT2D eigenvalue weighted by Gasteiger charge is -2.45. The van der Waals surface area contributed by atoms with Crippen LogP contribution >= 0.6 is 0 Å². The summed E-state index contributed by atoms with van der Waals surface area (Å²) in [5, 5.41) is 36.7.